The van der Waals surface area contributed by atoms with Crippen LogP contribution in [0.1, 0.15) is 64.2 Å². The third kappa shape index (κ3) is 5.45. The maximum atomic E-state index is 13.9. The van der Waals surface area contributed by atoms with Crippen molar-refractivity contribution in [3.05, 3.63) is 36.0 Å². The molecule has 9 nitrogen and oxygen atoms in total. The molecule has 2 atom stereocenters. The summed E-state index contributed by atoms with van der Waals surface area (Å²) in [7, 11) is -4.13. The summed E-state index contributed by atoms with van der Waals surface area (Å²) >= 11 is 0. The zero-order valence-corrected chi connectivity index (χ0v) is 23.5. The first-order chi connectivity index (χ1) is 17.5. The smallest absolute Gasteiger partial charge is 0.253 e. The molecule has 2 aliphatic heterocycles. The number of nitrogens with two attached hydrogens (primary N) is 1. The van der Waals surface area contributed by atoms with Gasteiger partial charge in [0.15, 0.2) is 5.03 Å². The van der Waals surface area contributed by atoms with E-state index in [9.17, 15) is 13.2 Å². The summed E-state index contributed by atoms with van der Waals surface area (Å²) in [6.45, 7) is 14.8. The van der Waals surface area contributed by atoms with Crippen LogP contribution in [0.25, 0.3) is 0 Å². The lowest BCUT2D eigenvalue weighted by Crippen LogP contribution is -2.49. The highest BCUT2D eigenvalue weighted by molar-refractivity contribution is 7.91. The van der Waals surface area contributed by atoms with Gasteiger partial charge < -0.3 is 15.5 Å². The van der Waals surface area contributed by atoms with Crippen LogP contribution in [-0.4, -0.2) is 73.5 Å². The van der Waals surface area contributed by atoms with E-state index >= 15 is 0 Å². The highest BCUT2D eigenvalue weighted by Gasteiger charge is 2.40. The van der Waals surface area contributed by atoms with Gasteiger partial charge in [-0.25, -0.2) is 18.4 Å². The van der Waals surface area contributed by atoms with Crippen molar-refractivity contribution in [2.45, 2.75) is 75.4 Å². The Morgan fingerprint density at radius 1 is 1.19 bits per heavy atom. The summed E-state index contributed by atoms with van der Waals surface area (Å²) in [5.41, 5.74) is 5.43. The summed E-state index contributed by atoms with van der Waals surface area (Å²) in [6.07, 6.45) is 4.66. The topological polar surface area (TPSA) is 113 Å². The molecule has 2 aromatic heterocycles. The van der Waals surface area contributed by atoms with E-state index in [2.05, 4.69) is 54.4 Å². The van der Waals surface area contributed by atoms with E-state index in [-0.39, 0.29) is 21.0 Å². The Hall–Kier alpha value is -2.72. The Kier molecular flexibility index (Phi) is 7.80. The molecule has 37 heavy (non-hydrogen) atoms. The lowest BCUT2D eigenvalue weighted by molar-refractivity contribution is 0.0997. The Morgan fingerprint density at radius 2 is 1.89 bits per heavy atom. The molecule has 2 fully saturated rings. The monoisotopic (exact) mass is 528 g/mol. The molecule has 0 aliphatic carbocycles. The fraction of sp³-hybridized carbons (Fsp3) is 0.593. The summed E-state index contributed by atoms with van der Waals surface area (Å²) < 4.78 is 27.7. The third-order valence-corrected chi connectivity index (χ3v) is 9.41. The number of carbonyl (C=O) groups is 1. The number of rotatable bonds is 8. The summed E-state index contributed by atoms with van der Waals surface area (Å²) in [5, 5.41) is -0.0968. The fourth-order valence-corrected chi connectivity index (χ4v) is 7.29. The predicted molar refractivity (Wildman–Crippen MR) is 146 cm³/mol. The molecule has 2 saturated heterocycles. The average Bonchev–Trinajstić information content (AvgIpc) is 3.15. The predicted octanol–water partition coefficient (Wildman–Crippen LogP) is 3.34. The van der Waals surface area contributed by atoms with Gasteiger partial charge in [0, 0.05) is 50.5 Å². The minimum atomic E-state index is -4.13. The van der Waals surface area contributed by atoms with Crippen molar-refractivity contribution in [2.24, 2.45) is 11.7 Å². The second-order valence-electron chi connectivity index (χ2n) is 11.1. The highest BCUT2D eigenvalue weighted by atomic mass is 32.2. The zero-order chi connectivity index (χ0) is 27.0. The number of nitrogens with zero attached hydrogens (tertiary/aromatic N) is 5. The van der Waals surface area contributed by atoms with Crippen LogP contribution in [0, 0.1) is 5.92 Å². The van der Waals surface area contributed by atoms with E-state index in [1.807, 2.05) is 11.0 Å². The molecule has 0 bridgehead atoms. The summed E-state index contributed by atoms with van der Waals surface area (Å²) in [5.74, 6) is 0.497. The molecule has 0 spiro atoms. The Balaban J connectivity index is 1.66. The van der Waals surface area contributed by atoms with Gasteiger partial charge >= 0.3 is 0 Å². The van der Waals surface area contributed by atoms with Gasteiger partial charge in [0.2, 0.25) is 9.84 Å². The lowest BCUT2D eigenvalue weighted by atomic mass is 9.97. The van der Waals surface area contributed by atoms with E-state index < -0.39 is 15.7 Å². The van der Waals surface area contributed by atoms with E-state index in [0.717, 1.165) is 45.4 Å². The second kappa shape index (κ2) is 10.6. The molecule has 2 unspecified atom stereocenters. The molecule has 2 N–H and O–H groups in total. The van der Waals surface area contributed by atoms with Crippen molar-refractivity contribution in [1.29, 1.82) is 0 Å². The first kappa shape index (κ1) is 27.3. The standard InChI is InChI=1S/C27H40N6O3S/c1-6-8-20(3)31-13-15-32(16-14-31)22-9-7-10-23(30-22)37(35,36)21-11-12-29-26(24(21)25(28)34)33-18-19(2)17-27(33,4)5/h7,9-12,19-20H,6,8,13-18H2,1-5H3,(H2,28,34). The Morgan fingerprint density at radius 3 is 2.49 bits per heavy atom. The van der Waals surface area contributed by atoms with Gasteiger partial charge in [-0.05, 0) is 57.7 Å². The maximum absolute atomic E-state index is 13.9. The van der Waals surface area contributed by atoms with Gasteiger partial charge in [0.25, 0.3) is 5.91 Å². The summed E-state index contributed by atoms with van der Waals surface area (Å²) in [6, 6.07) is 6.91. The minimum absolute atomic E-state index is 0.0737. The molecule has 2 aliphatic rings. The van der Waals surface area contributed by atoms with Crippen molar-refractivity contribution < 1.29 is 13.2 Å². The van der Waals surface area contributed by atoms with Crippen LogP contribution >= 0.6 is 0 Å². The van der Waals surface area contributed by atoms with Crippen LogP contribution in [0.3, 0.4) is 0 Å². The number of amides is 1. The molecular weight excluding hydrogens is 488 g/mol. The van der Waals surface area contributed by atoms with E-state index in [0.29, 0.717) is 30.1 Å². The van der Waals surface area contributed by atoms with Crippen molar-refractivity contribution in [2.75, 3.05) is 42.5 Å². The largest absolute Gasteiger partial charge is 0.365 e. The molecule has 10 heteroatoms. The number of carbonyl (C=O) groups excluding carboxylic acids is 1. The first-order valence-electron chi connectivity index (χ1n) is 13.2. The zero-order valence-electron chi connectivity index (χ0n) is 22.6. The number of anilines is 2. The van der Waals surface area contributed by atoms with Crippen LogP contribution in [0.2, 0.25) is 0 Å². The molecule has 202 valence electrons. The maximum Gasteiger partial charge on any atom is 0.253 e. The lowest BCUT2D eigenvalue weighted by Gasteiger charge is -2.38. The average molecular weight is 529 g/mol. The third-order valence-electron chi connectivity index (χ3n) is 7.71. The number of piperazine rings is 1. The molecule has 2 aromatic rings. The first-order valence-corrected chi connectivity index (χ1v) is 14.7. The Labute approximate surface area is 221 Å². The SMILES string of the molecule is CCCC(C)N1CCN(c2cccc(S(=O)(=O)c3ccnc(N4CC(C)CC4(C)C)c3C(N)=O)n2)CC1. The highest BCUT2D eigenvalue weighted by Crippen LogP contribution is 2.39. The second-order valence-corrected chi connectivity index (χ2v) is 13.0. The van der Waals surface area contributed by atoms with Gasteiger partial charge in [0.1, 0.15) is 17.2 Å². The van der Waals surface area contributed by atoms with E-state index in [1.54, 1.807) is 6.07 Å². The van der Waals surface area contributed by atoms with Gasteiger partial charge in [-0.15, -0.1) is 0 Å². The molecule has 0 saturated carbocycles. The summed E-state index contributed by atoms with van der Waals surface area (Å²) in [4.78, 5) is 28.1. The molecule has 0 aromatic carbocycles. The van der Waals surface area contributed by atoms with Crippen LogP contribution in [0.15, 0.2) is 40.4 Å². The molecule has 4 heterocycles. The quantitative estimate of drug-likeness (QED) is 0.555. The number of aromatic nitrogens is 2. The number of hydrogen-bond acceptors (Lipinski definition) is 8. The molecular formula is C27H40N6O3S. The molecule has 1 amide bonds. The van der Waals surface area contributed by atoms with Gasteiger partial charge in [0.05, 0.1) is 4.90 Å². The van der Waals surface area contributed by atoms with Crippen molar-refractivity contribution >= 4 is 27.4 Å². The van der Waals surface area contributed by atoms with E-state index in [1.165, 1.54) is 18.3 Å². The van der Waals surface area contributed by atoms with E-state index in [4.69, 9.17) is 5.73 Å². The normalized spacial score (nSPS) is 21.3. The van der Waals surface area contributed by atoms with Gasteiger partial charge in [-0.2, -0.15) is 0 Å². The Bertz CT molecular complexity index is 1240. The van der Waals surface area contributed by atoms with Crippen LogP contribution in [0.5, 0.6) is 0 Å². The minimum Gasteiger partial charge on any atom is -0.365 e. The fourth-order valence-electron chi connectivity index (χ4n) is 5.89. The van der Waals surface area contributed by atoms with Crippen molar-refractivity contribution in [3.8, 4) is 0 Å². The van der Waals surface area contributed by atoms with Crippen molar-refractivity contribution in [1.82, 2.24) is 14.9 Å². The van der Waals surface area contributed by atoms with Crippen molar-refractivity contribution in [3.63, 3.8) is 0 Å². The number of pyridine rings is 2. The van der Waals surface area contributed by atoms with Gasteiger partial charge in [-0.3, -0.25) is 9.69 Å². The molecule has 4 rings (SSSR count). The van der Waals surface area contributed by atoms with Crippen LogP contribution in [-0.2, 0) is 9.84 Å². The van der Waals surface area contributed by atoms with Crippen LogP contribution < -0.4 is 15.5 Å². The number of hydrogen-bond donors (Lipinski definition) is 1. The van der Waals surface area contributed by atoms with Gasteiger partial charge in [-0.1, -0.05) is 26.3 Å². The van der Waals surface area contributed by atoms with Crippen LogP contribution in [0.4, 0.5) is 11.6 Å². The number of sulfone groups is 1. The number of primary amides is 1. The molecule has 0 radical (unpaired) electrons.